The third kappa shape index (κ3) is 2.87. The predicted molar refractivity (Wildman–Crippen MR) is 60.5 cm³/mol. The lowest BCUT2D eigenvalue weighted by molar-refractivity contribution is 0.640. The number of hydrogen-bond donors (Lipinski definition) is 1. The SMILES string of the molecule is Cc1ccc(CNCc2ncn(C)n2)nc1. The van der Waals surface area contributed by atoms with Crippen LogP contribution in [-0.2, 0) is 20.1 Å². The number of pyridine rings is 1. The molecule has 0 aliphatic carbocycles. The highest BCUT2D eigenvalue weighted by Gasteiger charge is 1.98. The van der Waals surface area contributed by atoms with Crippen LogP contribution in [0.1, 0.15) is 17.1 Å². The van der Waals surface area contributed by atoms with Crippen LogP contribution in [0.2, 0.25) is 0 Å². The van der Waals surface area contributed by atoms with Crippen LogP contribution in [0.3, 0.4) is 0 Å². The molecule has 0 saturated heterocycles. The van der Waals surface area contributed by atoms with E-state index in [4.69, 9.17) is 0 Å². The Morgan fingerprint density at radius 3 is 2.75 bits per heavy atom. The highest BCUT2D eigenvalue weighted by Crippen LogP contribution is 1.98. The number of rotatable bonds is 4. The number of aromatic nitrogens is 4. The number of nitrogens with zero attached hydrogens (tertiary/aromatic N) is 4. The van der Waals surface area contributed by atoms with E-state index in [9.17, 15) is 0 Å². The van der Waals surface area contributed by atoms with Crippen molar-refractivity contribution >= 4 is 0 Å². The molecule has 0 aromatic carbocycles. The first-order valence-electron chi connectivity index (χ1n) is 5.21. The first-order valence-corrected chi connectivity index (χ1v) is 5.21. The monoisotopic (exact) mass is 217 g/mol. The van der Waals surface area contributed by atoms with Crippen LogP contribution >= 0.6 is 0 Å². The minimum atomic E-state index is 0.663. The van der Waals surface area contributed by atoms with Gasteiger partial charge in [-0.2, -0.15) is 5.10 Å². The minimum Gasteiger partial charge on any atom is -0.304 e. The Kier molecular flexibility index (Phi) is 3.26. The minimum absolute atomic E-state index is 0.663. The van der Waals surface area contributed by atoms with Crippen molar-refractivity contribution in [2.45, 2.75) is 20.0 Å². The zero-order valence-corrected chi connectivity index (χ0v) is 9.51. The summed E-state index contributed by atoms with van der Waals surface area (Å²) >= 11 is 0. The fourth-order valence-electron chi connectivity index (χ4n) is 1.37. The number of aryl methyl sites for hydroxylation is 2. The molecular weight excluding hydrogens is 202 g/mol. The Hall–Kier alpha value is -1.75. The molecule has 0 aliphatic rings. The van der Waals surface area contributed by atoms with Gasteiger partial charge in [-0.05, 0) is 18.6 Å². The van der Waals surface area contributed by atoms with Gasteiger partial charge in [-0.3, -0.25) is 9.67 Å². The smallest absolute Gasteiger partial charge is 0.164 e. The van der Waals surface area contributed by atoms with Crippen LogP contribution in [0.25, 0.3) is 0 Å². The Bertz CT molecular complexity index is 446. The number of hydrogen-bond acceptors (Lipinski definition) is 4. The van der Waals surface area contributed by atoms with Crippen LogP contribution in [0, 0.1) is 6.92 Å². The summed E-state index contributed by atoms with van der Waals surface area (Å²) in [5, 5.41) is 7.43. The largest absolute Gasteiger partial charge is 0.304 e. The topological polar surface area (TPSA) is 55.6 Å². The summed E-state index contributed by atoms with van der Waals surface area (Å²) in [5.41, 5.74) is 2.21. The van der Waals surface area contributed by atoms with E-state index in [0.717, 1.165) is 18.1 Å². The molecule has 0 bridgehead atoms. The third-order valence-electron chi connectivity index (χ3n) is 2.21. The molecule has 0 radical (unpaired) electrons. The normalized spacial score (nSPS) is 10.6. The summed E-state index contributed by atoms with van der Waals surface area (Å²) in [6.07, 6.45) is 3.57. The van der Waals surface area contributed by atoms with Crippen LogP contribution in [-0.4, -0.2) is 19.7 Å². The molecule has 5 heteroatoms. The zero-order chi connectivity index (χ0) is 11.4. The second kappa shape index (κ2) is 4.85. The molecule has 2 aromatic heterocycles. The van der Waals surface area contributed by atoms with Crippen molar-refractivity contribution in [1.82, 2.24) is 25.1 Å². The molecule has 5 nitrogen and oxygen atoms in total. The van der Waals surface area contributed by atoms with Gasteiger partial charge in [0.1, 0.15) is 6.33 Å². The summed E-state index contributed by atoms with van der Waals surface area (Å²) in [4.78, 5) is 8.44. The molecule has 1 N–H and O–H groups in total. The average Bonchev–Trinajstić information content (AvgIpc) is 2.67. The van der Waals surface area contributed by atoms with Crippen molar-refractivity contribution < 1.29 is 0 Å². The molecular formula is C11H15N5. The van der Waals surface area contributed by atoms with Crippen molar-refractivity contribution in [2.24, 2.45) is 7.05 Å². The Morgan fingerprint density at radius 2 is 2.12 bits per heavy atom. The fourth-order valence-corrected chi connectivity index (χ4v) is 1.37. The van der Waals surface area contributed by atoms with Crippen molar-refractivity contribution in [1.29, 1.82) is 0 Å². The van der Waals surface area contributed by atoms with Gasteiger partial charge in [0.2, 0.25) is 0 Å². The highest BCUT2D eigenvalue weighted by molar-refractivity contribution is 5.11. The van der Waals surface area contributed by atoms with E-state index in [1.165, 1.54) is 5.56 Å². The van der Waals surface area contributed by atoms with Gasteiger partial charge >= 0.3 is 0 Å². The molecule has 0 aliphatic heterocycles. The molecule has 2 heterocycles. The van der Waals surface area contributed by atoms with E-state index in [-0.39, 0.29) is 0 Å². The molecule has 0 amide bonds. The van der Waals surface area contributed by atoms with Crippen LogP contribution in [0.4, 0.5) is 0 Å². The molecule has 0 saturated carbocycles. The standard InChI is InChI=1S/C11H15N5/c1-9-3-4-10(13-5-9)6-12-7-11-14-8-16(2)15-11/h3-5,8,12H,6-7H2,1-2H3. The second-order valence-electron chi connectivity index (χ2n) is 3.76. The fraction of sp³-hybridized carbons (Fsp3) is 0.364. The Labute approximate surface area is 94.5 Å². The van der Waals surface area contributed by atoms with E-state index >= 15 is 0 Å². The van der Waals surface area contributed by atoms with E-state index in [1.807, 2.05) is 26.2 Å². The van der Waals surface area contributed by atoms with Crippen LogP contribution in [0.15, 0.2) is 24.7 Å². The quantitative estimate of drug-likeness (QED) is 0.823. The Balaban J connectivity index is 1.82. The highest BCUT2D eigenvalue weighted by atomic mass is 15.3. The molecule has 0 unspecified atom stereocenters. The van der Waals surface area contributed by atoms with E-state index in [0.29, 0.717) is 6.54 Å². The van der Waals surface area contributed by atoms with Crippen molar-refractivity contribution in [3.63, 3.8) is 0 Å². The van der Waals surface area contributed by atoms with Crippen LogP contribution in [0.5, 0.6) is 0 Å². The van der Waals surface area contributed by atoms with Crippen molar-refractivity contribution in [3.8, 4) is 0 Å². The molecule has 0 atom stereocenters. The second-order valence-corrected chi connectivity index (χ2v) is 3.76. The van der Waals surface area contributed by atoms with Gasteiger partial charge in [0.05, 0.1) is 12.2 Å². The van der Waals surface area contributed by atoms with E-state index in [2.05, 4.69) is 26.4 Å². The lowest BCUT2D eigenvalue weighted by Gasteiger charge is -2.01. The summed E-state index contributed by atoms with van der Waals surface area (Å²) in [6, 6.07) is 4.08. The van der Waals surface area contributed by atoms with Crippen LogP contribution < -0.4 is 5.32 Å². The molecule has 16 heavy (non-hydrogen) atoms. The number of nitrogens with one attached hydrogen (secondary N) is 1. The summed E-state index contributed by atoms with van der Waals surface area (Å²) < 4.78 is 1.70. The summed E-state index contributed by atoms with van der Waals surface area (Å²) in [7, 11) is 1.86. The van der Waals surface area contributed by atoms with Crippen molar-refractivity contribution in [2.75, 3.05) is 0 Å². The average molecular weight is 217 g/mol. The van der Waals surface area contributed by atoms with Gasteiger partial charge in [0.15, 0.2) is 5.82 Å². The molecule has 0 fully saturated rings. The first-order chi connectivity index (χ1) is 7.74. The maximum Gasteiger partial charge on any atom is 0.164 e. The van der Waals surface area contributed by atoms with Gasteiger partial charge in [-0.1, -0.05) is 6.07 Å². The molecule has 84 valence electrons. The van der Waals surface area contributed by atoms with Gasteiger partial charge in [0, 0.05) is 19.8 Å². The maximum absolute atomic E-state index is 4.31. The predicted octanol–water partition coefficient (Wildman–Crippen LogP) is 0.808. The zero-order valence-electron chi connectivity index (χ0n) is 9.51. The van der Waals surface area contributed by atoms with Crippen molar-refractivity contribution in [3.05, 3.63) is 41.7 Å². The Morgan fingerprint density at radius 1 is 1.25 bits per heavy atom. The van der Waals surface area contributed by atoms with Gasteiger partial charge in [-0.25, -0.2) is 4.98 Å². The molecule has 0 spiro atoms. The van der Waals surface area contributed by atoms with E-state index < -0.39 is 0 Å². The summed E-state index contributed by atoms with van der Waals surface area (Å²) in [6.45, 7) is 3.43. The van der Waals surface area contributed by atoms with Gasteiger partial charge in [-0.15, -0.1) is 0 Å². The lowest BCUT2D eigenvalue weighted by Crippen LogP contribution is -2.14. The van der Waals surface area contributed by atoms with Gasteiger partial charge < -0.3 is 5.32 Å². The lowest BCUT2D eigenvalue weighted by atomic mass is 10.3. The van der Waals surface area contributed by atoms with E-state index in [1.54, 1.807) is 11.0 Å². The maximum atomic E-state index is 4.31. The summed E-state index contributed by atoms with van der Waals surface area (Å²) in [5.74, 6) is 0.801. The third-order valence-corrected chi connectivity index (χ3v) is 2.21. The molecule has 2 rings (SSSR count). The first kappa shape index (κ1) is 10.8. The van der Waals surface area contributed by atoms with Gasteiger partial charge in [0.25, 0.3) is 0 Å². The molecule has 2 aromatic rings.